The lowest BCUT2D eigenvalue weighted by Gasteiger charge is -2.71. The van der Waals surface area contributed by atoms with Gasteiger partial charge in [0.05, 0.1) is 24.3 Å². The van der Waals surface area contributed by atoms with Crippen molar-refractivity contribution in [2.24, 2.45) is 50.2 Å². The van der Waals surface area contributed by atoms with Crippen molar-refractivity contribution < 1.29 is 33.3 Å². The van der Waals surface area contributed by atoms with E-state index in [1.54, 1.807) is 37.6 Å². The summed E-state index contributed by atoms with van der Waals surface area (Å²) in [6.45, 7) is 17.3. The summed E-state index contributed by atoms with van der Waals surface area (Å²) < 4.78 is 24.6. The van der Waals surface area contributed by atoms with Crippen LogP contribution in [0.4, 0.5) is 0 Å². The molecule has 0 saturated heterocycles. The van der Waals surface area contributed by atoms with Gasteiger partial charge in [-0.25, -0.2) is 9.48 Å². The van der Waals surface area contributed by atoms with E-state index in [-0.39, 0.29) is 64.2 Å². The van der Waals surface area contributed by atoms with E-state index in [0.29, 0.717) is 35.4 Å². The van der Waals surface area contributed by atoms with E-state index in [4.69, 9.17) is 18.9 Å². The Morgan fingerprint density at radius 2 is 1.53 bits per heavy atom. The van der Waals surface area contributed by atoms with Crippen molar-refractivity contribution >= 4 is 17.9 Å². The van der Waals surface area contributed by atoms with Crippen LogP contribution in [-0.2, 0) is 43.6 Å². The summed E-state index contributed by atoms with van der Waals surface area (Å²) in [5, 5.41) is 8.24. The second-order valence-electron chi connectivity index (χ2n) is 21.0. The first kappa shape index (κ1) is 42.2. The van der Waals surface area contributed by atoms with Gasteiger partial charge in [-0.2, -0.15) is 0 Å². The number of ether oxygens (including phenoxy) is 4. The van der Waals surface area contributed by atoms with Crippen molar-refractivity contribution in [2.45, 2.75) is 139 Å². The number of methoxy groups -OCH3 is 1. The van der Waals surface area contributed by atoms with Gasteiger partial charge >= 0.3 is 17.9 Å². The van der Waals surface area contributed by atoms with Gasteiger partial charge < -0.3 is 18.9 Å². The van der Waals surface area contributed by atoms with Crippen LogP contribution < -0.4 is 4.74 Å². The molecule has 10 heteroatoms. The highest BCUT2D eigenvalue weighted by atomic mass is 16.5. The quantitative estimate of drug-likeness (QED) is 0.112. The Kier molecular flexibility index (Phi) is 10.9. The molecule has 0 radical (unpaired) electrons. The van der Waals surface area contributed by atoms with E-state index < -0.39 is 11.4 Å². The lowest BCUT2D eigenvalue weighted by molar-refractivity contribution is -0.214. The van der Waals surface area contributed by atoms with Crippen LogP contribution in [0.5, 0.6) is 5.75 Å². The Hall–Kier alpha value is -4.47. The monoisotopic (exact) mass is 819 g/mol. The van der Waals surface area contributed by atoms with Crippen LogP contribution in [0, 0.1) is 50.2 Å². The lowest BCUT2D eigenvalue weighted by atomic mass is 9.33. The highest BCUT2D eigenvalue weighted by Crippen LogP contribution is 2.76. The van der Waals surface area contributed by atoms with E-state index in [9.17, 15) is 14.4 Å². The van der Waals surface area contributed by atoms with Gasteiger partial charge in [0, 0.05) is 5.41 Å². The molecule has 322 valence electrons. The minimum Gasteiger partial charge on any atom is -0.497 e. The molecule has 0 aliphatic heterocycles. The van der Waals surface area contributed by atoms with Gasteiger partial charge in [-0.1, -0.05) is 95.7 Å². The summed E-state index contributed by atoms with van der Waals surface area (Å²) in [6.07, 6.45) is 13.9. The highest BCUT2D eigenvalue weighted by Gasteiger charge is 2.69. The number of hydrogen-bond acceptors (Lipinski definition) is 9. The predicted octanol–water partition coefficient (Wildman–Crippen LogP) is 10.1. The second-order valence-corrected chi connectivity index (χ2v) is 21.0. The van der Waals surface area contributed by atoms with E-state index in [1.807, 2.05) is 30.3 Å². The fraction of sp³-hybridized carbons (Fsp3) is 0.620. The summed E-state index contributed by atoms with van der Waals surface area (Å²) >= 11 is 0. The lowest BCUT2D eigenvalue weighted by Crippen LogP contribution is -2.65. The standard InChI is InChI=1S/C50H65N3O7/c1-45(2)24-26-50(44(56)59-31-33-12-10-9-11-13-33)27-25-48(6)37(38(50)28-45)18-19-40-47(5)22-21-41(46(3,4)39(47)20-23-49(40,48)7)60-42(54)30-53-29-35(51-52-53)32-58-43(55)34-14-16-36(57-8)17-15-34/h9-18,29,38-41H,19-28,30-32H2,1-8H3/t38-,39-,40+,41-,47-,48+,49+,50-/m0/s1. The molecule has 60 heavy (non-hydrogen) atoms. The maximum absolute atomic E-state index is 14.4. The molecule has 0 unspecified atom stereocenters. The van der Waals surface area contributed by atoms with Gasteiger partial charge in [0.2, 0.25) is 0 Å². The number of carbonyl (C=O) groups excluding carboxylic acids is 3. The third-order valence-corrected chi connectivity index (χ3v) is 17.0. The van der Waals surface area contributed by atoms with Crippen molar-refractivity contribution in [3.63, 3.8) is 0 Å². The average molecular weight is 820 g/mol. The Morgan fingerprint density at radius 3 is 2.27 bits per heavy atom. The van der Waals surface area contributed by atoms with Crippen LogP contribution in [-0.4, -0.2) is 46.1 Å². The Bertz CT molecular complexity index is 2130. The third-order valence-electron chi connectivity index (χ3n) is 17.0. The number of nitrogens with zero attached hydrogens (tertiary/aromatic N) is 3. The molecule has 4 fully saturated rings. The minimum atomic E-state index is -0.481. The number of benzene rings is 2. The van der Waals surface area contributed by atoms with E-state index in [1.165, 1.54) is 10.3 Å². The SMILES string of the molecule is COc1ccc(C(=O)OCc2cn(CC(=O)O[C@H]3CC[C@]4(C)[C@H]5CC=C6[C@@H]7CC(C)(C)CC[C@]7(C(=O)OCc7ccccc7)CC[C@@]6(C)[C@]5(C)CC[C@H]4C3(C)C)nn2)cc1. The van der Waals surface area contributed by atoms with Crippen LogP contribution in [0.15, 0.2) is 72.4 Å². The van der Waals surface area contributed by atoms with Crippen molar-refractivity contribution in [3.05, 3.63) is 89.3 Å². The Morgan fingerprint density at radius 1 is 0.800 bits per heavy atom. The molecule has 8 atom stereocenters. The molecular weight excluding hydrogens is 755 g/mol. The van der Waals surface area contributed by atoms with Crippen molar-refractivity contribution in [2.75, 3.05) is 7.11 Å². The van der Waals surface area contributed by atoms with E-state index >= 15 is 0 Å². The molecule has 0 N–H and O–H groups in total. The zero-order valence-corrected chi connectivity index (χ0v) is 37.1. The largest absolute Gasteiger partial charge is 0.497 e. The van der Waals surface area contributed by atoms with Gasteiger partial charge in [-0.05, 0) is 133 Å². The molecule has 3 aromatic rings. The van der Waals surface area contributed by atoms with Crippen molar-refractivity contribution in [3.8, 4) is 5.75 Å². The van der Waals surface area contributed by atoms with Crippen LogP contribution in [0.25, 0.3) is 0 Å². The molecule has 5 aliphatic carbocycles. The molecule has 10 nitrogen and oxygen atoms in total. The summed E-state index contributed by atoms with van der Waals surface area (Å²) in [7, 11) is 1.57. The van der Waals surface area contributed by atoms with Gasteiger partial charge in [-0.15, -0.1) is 5.10 Å². The number of aromatic nitrogens is 3. The van der Waals surface area contributed by atoms with E-state index in [0.717, 1.165) is 69.8 Å². The number of hydrogen-bond donors (Lipinski definition) is 0. The molecule has 5 aliphatic rings. The summed E-state index contributed by atoms with van der Waals surface area (Å²) in [5.74, 6) is 0.887. The topological polar surface area (TPSA) is 119 Å². The van der Waals surface area contributed by atoms with Crippen LogP contribution in [0.3, 0.4) is 0 Å². The number of allylic oxidation sites excluding steroid dienone is 2. The summed E-state index contributed by atoms with van der Waals surface area (Å²) in [5.41, 5.74) is 3.03. The average Bonchev–Trinajstić information content (AvgIpc) is 3.67. The maximum Gasteiger partial charge on any atom is 0.338 e. The molecule has 1 heterocycles. The predicted molar refractivity (Wildman–Crippen MR) is 227 cm³/mol. The smallest absolute Gasteiger partial charge is 0.338 e. The van der Waals surface area contributed by atoms with Gasteiger partial charge in [0.1, 0.15) is 37.3 Å². The van der Waals surface area contributed by atoms with Crippen molar-refractivity contribution in [1.29, 1.82) is 0 Å². The third kappa shape index (κ3) is 7.17. The van der Waals surface area contributed by atoms with E-state index in [2.05, 4.69) is 64.9 Å². The molecule has 1 aromatic heterocycles. The second kappa shape index (κ2) is 15.5. The van der Waals surface area contributed by atoms with Gasteiger partial charge in [0.25, 0.3) is 0 Å². The molecule has 0 bridgehead atoms. The first-order valence-electron chi connectivity index (χ1n) is 22.3. The highest BCUT2D eigenvalue weighted by molar-refractivity contribution is 5.89. The van der Waals surface area contributed by atoms with Crippen LogP contribution >= 0.6 is 0 Å². The zero-order chi connectivity index (χ0) is 42.7. The number of esters is 3. The molecule has 0 spiro atoms. The van der Waals surface area contributed by atoms with Gasteiger partial charge in [-0.3, -0.25) is 9.59 Å². The molecule has 0 amide bonds. The van der Waals surface area contributed by atoms with Gasteiger partial charge in [0.15, 0.2) is 0 Å². The normalized spacial score (nSPS) is 33.7. The first-order chi connectivity index (χ1) is 28.4. The fourth-order valence-electron chi connectivity index (χ4n) is 13.4. The van der Waals surface area contributed by atoms with Crippen LogP contribution in [0.2, 0.25) is 0 Å². The van der Waals surface area contributed by atoms with Crippen molar-refractivity contribution in [1.82, 2.24) is 15.0 Å². The van der Waals surface area contributed by atoms with Crippen LogP contribution in [0.1, 0.15) is 134 Å². The Labute approximate surface area is 356 Å². The number of carbonyl (C=O) groups is 3. The molecular formula is C50H65N3O7. The summed E-state index contributed by atoms with van der Waals surface area (Å²) in [4.78, 5) is 40.4. The maximum atomic E-state index is 14.4. The first-order valence-corrected chi connectivity index (χ1v) is 22.3. The number of fused-ring (bicyclic) bond motifs is 7. The minimum absolute atomic E-state index is 0.00268. The molecule has 4 saturated carbocycles. The number of rotatable bonds is 10. The summed E-state index contributed by atoms with van der Waals surface area (Å²) in [6, 6.07) is 16.8. The molecule has 2 aromatic carbocycles. The Balaban J connectivity index is 0.944. The molecule has 8 rings (SSSR count). The fourth-order valence-corrected chi connectivity index (χ4v) is 13.4. The zero-order valence-electron chi connectivity index (χ0n) is 37.1.